The Morgan fingerprint density at radius 2 is 1.57 bits per heavy atom. The zero-order chi connectivity index (χ0) is 38.1. The van der Waals surface area contributed by atoms with Crippen molar-refractivity contribution < 1.29 is 49.2 Å². The fourth-order valence-corrected chi connectivity index (χ4v) is 5.25. The summed E-state index contributed by atoms with van der Waals surface area (Å²) in [6.45, 7) is 7.20. The van der Waals surface area contributed by atoms with Gasteiger partial charge in [0.25, 0.3) is 0 Å². The highest BCUT2D eigenvalue weighted by atomic mass is 16.6. The second kappa shape index (κ2) is 25.7. The third kappa shape index (κ3) is 19.1. The maximum absolute atomic E-state index is 13.4. The van der Waals surface area contributed by atoms with E-state index in [1.807, 2.05) is 19.9 Å². The number of amides is 1. The number of rotatable bonds is 29. The maximum atomic E-state index is 13.4. The molecule has 1 aromatic carbocycles. The van der Waals surface area contributed by atoms with Crippen LogP contribution in [0.15, 0.2) is 53.2 Å². The van der Waals surface area contributed by atoms with Crippen LogP contribution in [0.4, 0.5) is 0 Å². The zero-order valence-electron chi connectivity index (χ0n) is 30.5. The lowest BCUT2D eigenvalue weighted by atomic mass is 9.82. The van der Waals surface area contributed by atoms with Crippen LogP contribution < -0.4 is 15.8 Å². The summed E-state index contributed by atoms with van der Waals surface area (Å²) >= 11 is 0. The van der Waals surface area contributed by atoms with Crippen LogP contribution in [0.1, 0.15) is 110 Å². The number of benzene rings is 1. The molecule has 0 heterocycles. The van der Waals surface area contributed by atoms with Crippen LogP contribution in [0.25, 0.3) is 0 Å². The quantitative estimate of drug-likeness (QED) is 0.0258. The van der Waals surface area contributed by atoms with Gasteiger partial charge in [0, 0.05) is 13.0 Å². The number of hydrogen-bond donors (Lipinski definition) is 6. The van der Waals surface area contributed by atoms with Crippen LogP contribution in [0.2, 0.25) is 0 Å². The molecule has 51 heavy (non-hydrogen) atoms. The molecule has 0 bridgehead atoms. The number of aliphatic hydroxyl groups is 1. The highest BCUT2D eigenvalue weighted by Crippen LogP contribution is 2.26. The molecule has 0 saturated heterocycles. The molecular formula is C38H59N3O10. The van der Waals surface area contributed by atoms with E-state index in [0.717, 1.165) is 62.3 Å². The molecule has 0 aliphatic carbocycles. The fourth-order valence-electron chi connectivity index (χ4n) is 5.25. The van der Waals surface area contributed by atoms with Gasteiger partial charge < -0.3 is 41.1 Å². The number of aliphatic carboxylic acids is 3. The van der Waals surface area contributed by atoms with Crippen molar-refractivity contribution in [1.29, 1.82) is 0 Å². The highest BCUT2D eigenvalue weighted by molar-refractivity contribution is 5.94. The first kappa shape index (κ1) is 44.8. The third-order valence-corrected chi connectivity index (χ3v) is 8.19. The fraction of sp³-hybridized carbons (Fsp3) is 0.605. The zero-order valence-corrected chi connectivity index (χ0v) is 30.5. The van der Waals surface area contributed by atoms with Gasteiger partial charge in [0.05, 0.1) is 18.1 Å². The number of carboxylic acids is 3. The van der Waals surface area contributed by atoms with E-state index in [4.69, 9.17) is 15.3 Å². The first-order valence-electron chi connectivity index (χ1n) is 17.9. The van der Waals surface area contributed by atoms with E-state index in [0.29, 0.717) is 43.9 Å². The van der Waals surface area contributed by atoms with Gasteiger partial charge in [-0.15, -0.1) is 0 Å². The van der Waals surface area contributed by atoms with Gasteiger partial charge in [0.1, 0.15) is 25.0 Å². The Bertz CT molecular complexity index is 1290. The number of hydrogen-bond acceptors (Lipinski definition) is 9. The van der Waals surface area contributed by atoms with Crippen LogP contribution in [-0.2, 0) is 30.4 Å². The van der Waals surface area contributed by atoms with Gasteiger partial charge in [-0.05, 0) is 76.1 Å². The second-order valence-electron chi connectivity index (χ2n) is 12.9. The number of carbonyl (C=O) groups excluding carboxylic acids is 1. The molecule has 0 aliphatic rings. The largest absolute Gasteiger partial charge is 0.490 e. The SMILES string of the molecule is CCCCCCC/C(CCCCCC/C=C/[C@H](C(=O)N[C@@H](Cc1ccc(OCC=C(C)C)cc1)C(=O)O)[C@@](O)(CC(=O)O)C(=O)O)=N/OCCN. The van der Waals surface area contributed by atoms with E-state index in [-0.39, 0.29) is 6.42 Å². The average molecular weight is 718 g/mol. The van der Waals surface area contributed by atoms with E-state index in [2.05, 4.69) is 17.4 Å². The highest BCUT2D eigenvalue weighted by Gasteiger charge is 2.49. The Kier molecular flexibility index (Phi) is 22.6. The van der Waals surface area contributed by atoms with E-state index in [1.54, 1.807) is 24.3 Å². The number of nitrogens with two attached hydrogens (primary N) is 1. The summed E-state index contributed by atoms with van der Waals surface area (Å²) in [4.78, 5) is 54.5. The second-order valence-corrected chi connectivity index (χ2v) is 12.9. The summed E-state index contributed by atoms with van der Waals surface area (Å²) in [5, 5.41) is 46.6. The molecule has 0 aliphatic heterocycles. The minimum atomic E-state index is -3.02. The van der Waals surface area contributed by atoms with Crippen molar-refractivity contribution in [3.63, 3.8) is 0 Å². The van der Waals surface area contributed by atoms with Gasteiger partial charge in [-0.25, -0.2) is 9.59 Å². The van der Waals surface area contributed by atoms with E-state index >= 15 is 0 Å². The lowest BCUT2D eigenvalue weighted by Gasteiger charge is -2.29. The molecule has 0 saturated carbocycles. The molecular weight excluding hydrogens is 658 g/mol. The molecule has 0 unspecified atom stereocenters. The predicted octanol–water partition coefficient (Wildman–Crippen LogP) is 5.64. The Balaban J connectivity index is 2.89. The topological polar surface area (TPSA) is 218 Å². The third-order valence-electron chi connectivity index (χ3n) is 8.19. The number of oxime groups is 1. The number of nitrogens with zero attached hydrogens (tertiary/aromatic N) is 1. The lowest BCUT2D eigenvalue weighted by Crippen LogP contribution is -2.55. The van der Waals surface area contributed by atoms with Crippen molar-refractivity contribution >= 4 is 29.5 Å². The molecule has 0 spiro atoms. The van der Waals surface area contributed by atoms with Gasteiger partial charge in [0.15, 0.2) is 5.60 Å². The Morgan fingerprint density at radius 3 is 2.12 bits per heavy atom. The van der Waals surface area contributed by atoms with Crippen molar-refractivity contribution in [3.05, 3.63) is 53.6 Å². The Hall–Kier alpha value is -4.23. The smallest absolute Gasteiger partial charge is 0.337 e. The molecule has 1 amide bonds. The average Bonchev–Trinajstić information content (AvgIpc) is 3.06. The normalized spacial score (nSPS) is 13.9. The number of carbonyl (C=O) groups is 4. The molecule has 1 aromatic rings. The first-order chi connectivity index (χ1) is 24.3. The number of allylic oxidation sites excluding steroid dienone is 2. The molecule has 7 N–H and O–H groups in total. The summed E-state index contributed by atoms with van der Waals surface area (Å²) in [6, 6.07) is 5.13. The molecule has 0 fully saturated rings. The minimum absolute atomic E-state index is 0.152. The molecule has 286 valence electrons. The maximum Gasteiger partial charge on any atom is 0.337 e. The van der Waals surface area contributed by atoms with Crippen LogP contribution >= 0.6 is 0 Å². The van der Waals surface area contributed by atoms with E-state index < -0.39 is 47.8 Å². The van der Waals surface area contributed by atoms with Gasteiger partial charge in [-0.1, -0.05) is 80.5 Å². The van der Waals surface area contributed by atoms with Crippen molar-refractivity contribution in [2.75, 3.05) is 19.8 Å². The summed E-state index contributed by atoms with van der Waals surface area (Å²) in [5.41, 5.74) is 5.15. The van der Waals surface area contributed by atoms with E-state index in [1.165, 1.54) is 25.3 Å². The van der Waals surface area contributed by atoms with Crippen molar-refractivity contribution in [1.82, 2.24) is 5.32 Å². The van der Waals surface area contributed by atoms with Gasteiger partial charge in [0.2, 0.25) is 5.91 Å². The molecule has 13 heteroatoms. The first-order valence-corrected chi connectivity index (χ1v) is 17.9. The standard InChI is InChI=1S/C38H59N3O10/c1-4-5-6-9-12-15-30(41-51-25-23-39)16-13-10-7-8-11-14-17-32(38(49,37(47)48)27-34(42)43)35(44)40-33(36(45)46)26-29-18-20-31(21-19-29)50-24-22-28(2)3/h14,17-22,32-33,49H,4-13,15-16,23-27,39H2,1-3H3,(H,40,44)(H,42,43)(H,45,46)(H,47,48)/b17-14+,41-30-/t32-,33+,38+/m1/s1. The Labute approximate surface area is 302 Å². The van der Waals surface area contributed by atoms with Gasteiger partial charge in [-0.2, -0.15) is 0 Å². The predicted molar refractivity (Wildman–Crippen MR) is 196 cm³/mol. The molecule has 3 atom stereocenters. The number of ether oxygens (including phenoxy) is 1. The lowest BCUT2D eigenvalue weighted by molar-refractivity contribution is -0.172. The van der Waals surface area contributed by atoms with Crippen molar-refractivity contribution in [2.45, 2.75) is 122 Å². The molecule has 13 nitrogen and oxygen atoms in total. The number of carboxylic acid groups (broad SMARTS) is 3. The number of nitrogens with one attached hydrogen (secondary N) is 1. The summed E-state index contributed by atoms with van der Waals surface area (Å²) in [7, 11) is 0. The van der Waals surface area contributed by atoms with Crippen molar-refractivity contribution in [3.8, 4) is 5.75 Å². The van der Waals surface area contributed by atoms with Gasteiger partial charge >= 0.3 is 17.9 Å². The molecule has 0 radical (unpaired) electrons. The monoisotopic (exact) mass is 717 g/mol. The minimum Gasteiger partial charge on any atom is -0.490 e. The van der Waals surface area contributed by atoms with Crippen LogP contribution in [-0.4, -0.2) is 81.4 Å². The summed E-state index contributed by atoms with van der Waals surface area (Å²) in [6.07, 6.45) is 14.4. The van der Waals surface area contributed by atoms with Crippen LogP contribution in [0.5, 0.6) is 5.75 Å². The summed E-state index contributed by atoms with van der Waals surface area (Å²) in [5.74, 6) is -7.36. The van der Waals surface area contributed by atoms with Crippen LogP contribution in [0, 0.1) is 5.92 Å². The van der Waals surface area contributed by atoms with Gasteiger partial charge in [-0.3, -0.25) is 9.59 Å². The van der Waals surface area contributed by atoms with Crippen LogP contribution in [0.3, 0.4) is 0 Å². The Morgan fingerprint density at radius 1 is 0.941 bits per heavy atom. The molecule has 1 rings (SSSR count). The number of unbranched alkanes of at least 4 members (excludes halogenated alkanes) is 8. The summed E-state index contributed by atoms with van der Waals surface area (Å²) < 4.78 is 5.62. The van der Waals surface area contributed by atoms with E-state index in [9.17, 15) is 39.6 Å². The molecule has 0 aromatic heterocycles. The van der Waals surface area contributed by atoms with Crippen molar-refractivity contribution in [2.24, 2.45) is 16.8 Å².